The molecule has 0 aromatic heterocycles. The second kappa shape index (κ2) is 10.8. The van der Waals surface area contributed by atoms with Crippen molar-refractivity contribution in [1.82, 2.24) is 9.80 Å². The van der Waals surface area contributed by atoms with Gasteiger partial charge in [0.05, 0.1) is 20.3 Å². The normalized spacial score (nSPS) is 24.0. The van der Waals surface area contributed by atoms with Crippen LogP contribution in [-0.4, -0.2) is 69.0 Å². The maximum absolute atomic E-state index is 5.99. The molecule has 1 aromatic carbocycles. The molecule has 168 valence electrons. The topological polar surface area (TPSA) is 34.2 Å². The van der Waals surface area contributed by atoms with E-state index in [1.807, 2.05) is 6.07 Å². The first-order chi connectivity index (χ1) is 14.8. The number of likely N-dealkylation sites (tertiary alicyclic amines) is 1. The summed E-state index contributed by atoms with van der Waals surface area (Å²) in [5.74, 6) is 2.46. The highest BCUT2D eigenvalue weighted by atomic mass is 16.5. The largest absolute Gasteiger partial charge is 0.493 e. The minimum atomic E-state index is 0.375. The van der Waals surface area contributed by atoms with Crippen LogP contribution in [0.3, 0.4) is 0 Å². The first-order valence-corrected chi connectivity index (χ1v) is 12.0. The number of piperidine rings is 1. The molecule has 0 amide bonds. The fourth-order valence-corrected chi connectivity index (χ4v) is 5.73. The summed E-state index contributed by atoms with van der Waals surface area (Å²) in [6.07, 6.45) is 11.1. The smallest absolute Gasteiger partial charge is 0.165 e. The van der Waals surface area contributed by atoms with Crippen LogP contribution in [0.25, 0.3) is 0 Å². The maximum atomic E-state index is 5.99. The molecule has 2 heterocycles. The number of nitrogens with zero attached hydrogens (tertiary/aromatic N) is 2. The van der Waals surface area contributed by atoms with Gasteiger partial charge in [0.1, 0.15) is 0 Å². The van der Waals surface area contributed by atoms with Crippen LogP contribution >= 0.6 is 0 Å². The number of methoxy groups -OCH3 is 2. The molecule has 2 aliphatic heterocycles. The summed E-state index contributed by atoms with van der Waals surface area (Å²) >= 11 is 0. The Kier molecular flexibility index (Phi) is 7.91. The van der Waals surface area contributed by atoms with E-state index in [4.69, 9.17) is 14.2 Å². The number of ether oxygens (including phenoxy) is 3. The molecule has 0 spiro atoms. The van der Waals surface area contributed by atoms with Crippen molar-refractivity contribution in [2.24, 2.45) is 5.92 Å². The minimum Gasteiger partial charge on any atom is -0.493 e. The molecule has 1 atom stereocenters. The number of para-hydroxylation sites is 1. The van der Waals surface area contributed by atoms with E-state index in [1.54, 1.807) is 14.2 Å². The Hall–Kier alpha value is -1.30. The molecule has 5 heteroatoms. The predicted octanol–water partition coefficient (Wildman–Crippen LogP) is 4.34. The van der Waals surface area contributed by atoms with Crippen LogP contribution in [0.15, 0.2) is 18.2 Å². The van der Waals surface area contributed by atoms with Crippen LogP contribution in [-0.2, 0) is 11.3 Å². The monoisotopic (exact) mass is 416 g/mol. The molecule has 0 N–H and O–H groups in total. The van der Waals surface area contributed by atoms with Crippen molar-refractivity contribution in [3.8, 4) is 11.5 Å². The van der Waals surface area contributed by atoms with E-state index in [9.17, 15) is 0 Å². The van der Waals surface area contributed by atoms with Crippen molar-refractivity contribution in [3.63, 3.8) is 0 Å². The van der Waals surface area contributed by atoms with Crippen LogP contribution in [0.2, 0.25) is 0 Å². The van der Waals surface area contributed by atoms with E-state index >= 15 is 0 Å². The SMILES string of the molecule is COc1cccc(CN(CC2CCN(C3CCCC3)CC2)C[C@H]2CCCO2)c1OC. The van der Waals surface area contributed by atoms with Gasteiger partial charge in [-0.15, -0.1) is 0 Å². The van der Waals surface area contributed by atoms with Gasteiger partial charge < -0.3 is 19.1 Å². The number of hydrogen-bond acceptors (Lipinski definition) is 5. The van der Waals surface area contributed by atoms with Gasteiger partial charge >= 0.3 is 0 Å². The molecule has 3 aliphatic rings. The third-order valence-corrected chi connectivity index (χ3v) is 7.37. The fraction of sp³-hybridized carbons (Fsp3) is 0.760. The quantitative estimate of drug-likeness (QED) is 0.598. The summed E-state index contributed by atoms with van der Waals surface area (Å²) in [6.45, 7) is 6.54. The van der Waals surface area contributed by atoms with Crippen molar-refractivity contribution >= 4 is 0 Å². The molecular weight excluding hydrogens is 376 g/mol. The molecule has 0 unspecified atom stereocenters. The van der Waals surface area contributed by atoms with Crippen LogP contribution in [0.1, 0.15) is 56.9 Å². The Labute approximate surface area is 182 Å². The van der Waals surface area contributed by atoms with Gasteiger partial charge in [0, 0.05) is 37.8 Å². The molecule has 4 rings (SSSR count). The van der Waals surface area contributed by atoms with Crippen molar-refractivity contribution in [3.05, 3.63) is 23.8 Å². The number of hydrogen-bond donors (Lipinski definition) is 0. The lowest BCUT2D eigenvalue weighted by atomic mass is 9.94. The summed E-state index contributed by atoms with van der Waals surface area (Å²) < 4.78 is 17.2. The lowest BCUT2D eigenvalue weighted by Gasteiger charge is -2.38. The van der Waals surface area contributed by atoms with Gasteiger partial charge in [-0.25, -0.2) is 0 Å². The molecule has 1 aliphatic carbocycles. The first-order valence-electron chi connectivity index (χ1n) is 12.0. The second-order valence-corrected chi connectivity index (χ2v) is 9.40. The standard InChI is InChI=1S/C25H40N2O3/c1-28-24-11-5-7-21(25(24)29-2)18-26(19-23-10-6-16-30-23)17-20-12-14-27(15-13-20)22-8-3-4-9-22/h5,7,11,20,22-23H,3-4,6,8-10,12-19H2,1-2H3/t23-/m1/s1. The third-order valence-electron chi connectivity index (χ3n) is 7.37. The molecule has 0 radical (unpaired) electrons. The average Bonchev–Trinajstić information content (AvgIpc) is 3.48. The van der Waals surface area contributed by atoms with Gasteiger partial charge in [0.25, 0.3) is 0 Å². The molecule has 1 saturated carbocycles. The van der Waals surface area contributed by atoms with Gasteiger partial charge in [0.2, 0.25) is 0 Å². The second-order valence-electron chi connectivity index (χ2n) is 9.40. The van der Waals surface area contributed by atoms with Crippen LogP contribution in [0, 0.1) is 5.92 Å². The zero-order valence-corrected chi connectivity index (χ0v) is 19.0. The van der Waals surface area contributed by atoms with E-state index in [1.165, 1.54) is 70.0 Å². The van der Waals surface area contributed by atoms with E-state index in [-0.39, 0.29) is 0 Å². The Morgan fingerprint density at radius 3 is 2.43 bits per heavy atom. The Morgan fingerprint density at radius 2 is 1.77 bits per heavy atom. The Morgan fingerprint density at radius 1 is 0.967 bits per heavy atom. The lowest BCUT2D eigenvalue weighted by Crippen LogP contribution is -2.43. The van der Waals surface area contributed by atoms with E-state index in [0.717, 1.165) is 49.7 Å². The van der Waals surface area contributed by atoms with Gasteiger partial charge in [-0.2, -0.15) is 0 Å². The van der Waals surface area contributed by atoms with E-state index in [2.05, 4.69) is 21.9 Å². The zero-order chi connectivity index (χ0) is 20.8. The fourth-order valence-electron chi connectivity index (χ4n) is 5.73. The molecule has 2 saturated heterocycles. The van der Waals surface area contributed by atoms with E-state index < -0.39 is 0 Å². The zero-order valence-electron chi connectivity index (χ0n) is 19.0. The van der Waals surface area contributed by atoms with Crippen LogP contribution < -0.4 is 9.47 Å². The molecule has 5 nitrogen and oxygen atoms in total. The first kappa shape index (κ1) is 21.9. The highest BCUT2D eigenvalue weighted by Gasteiger charge is 2.29. The van der Waals surface area contributed by atoms with Crippen molar-refractivity contribution < 1.29 is 14.2 Å². The molecule has 0 bridgehead atoms. The predicted molar refractivity (Wildman–Crippen MR) is 120 cm³/mol. The van der Waals surface area contributed by atoms with E-state index in [0.29, 0.717) is 6.10 Å². The van der Waals surface area contributed by atoms with Crippen molar-refractivity contribution in [2.75, 3.05) is 47.0 Å². The maximum Gasteiger partial charge on any atom is 0.165 e. The van der Waals surface area contributed by atoms with Crippen molar-refractivity contribution in [1.29, 1.82) is 0 Å². The van der Waals surface area contributed by atoms with Gasteiger partial charge in [0.15, 0.2) is 11.5 Å². The number of benzene rings is 1. The summed E-state index contributed by atoms with van der Waals surface area (Å²) in [7, 11) is 3.45. The molecular formula is C25H40N2O3. The molecule has 3 fully saturated rings. The summed E-state index contributed by atoms with van der Waals surface area (Å²) in [4.78, 5) is 5.39. The van der Waals surface area contributed by atoms with Crippen LogP contribution in [0.4, 0.5) is 0 Å². The Bertz CT molecular complexity index is 648. The number of rotatable bonds is 9. The average molecular weight is 417 g/mol. The highest BCUT2D eigenvalue weighted by molar-refractivity contribution is 5.46. The van der Waals surface area contributed by atoms with Crippen LogP contribution in [0.5, 0.6) is 11.5 Å². The summed E-state index contributed by atoms with van der Waals surface area (Å²) in [6, 6.07) is 7.09. The van der Waals surface area contributed by atoms with Gasteiger partial charge in [-0.3, -0.25) is 4.90 Å². The van der Waals surface area contributed by atoms with Gasteiger partial charge in [-0.1, -0.05) is 25.0 Å². The minimum absolute atomic E-state index is 0.375. The Balaban J connectivity index is 1.39. The molecule has 1 aromatic rings. The third kappa shape index (κ3) is 5.49. The summed E-state index contributed by atoms with van der Waals surface area (Å²) in [5.41, 5.74) is 1.21. The van der Waals surface area contributed by atoms with Crippen molar-refractivity contribution in [2.45, 2.75) is 70.1 Å². The molecule has 30 heavy (non-hydrogen) atoms. The highest BCUT2D eigenvalue weighted by Crippen LogP contribution is 2.33. The summed E-state index contributed by atoms with van der Waals surface area (Å²) in [5, 5.41) is 0. The van der Waals surface area contributed by atoms with Gasteiger partial charge in [-0.05, 0) is 63.6 Å². The lowest BCUT2D eigenvalue weighted by molar-refractivity contribution is 0.0537.